The summed E-state index contributed by atoms with van der Waals surface area (Å²) < 4.78 is 32.5. The highest BCUT2D eigenvalue weighted by Gasteiger charge is 2.34. The van der Waals surface area contributed by atoms with Gasteiger partial charge in [0, 0.05) is 39.1 Å². The molecular weight excluding hydrogens is 332 g/mol. The Hall–Kier alpha value is -2.06. The minimum atomic E-state index is -0.832. The number of benzene rings is 1. The largest absolute Gasteiger partial charge is 0.379 e. The van der Waals surface area contributed by atoms with Crippen molar-refractivity contribution in [1.29, 1.82) is 0 Å². The molecule has 2 saturated heterocycles. The maximum atomic E-state index is 13.6. The van der Waals surface area contributed by atoms with Crippen molar-refractivity contribution in [2.24, 2.45) is 5.92 Å². The van der Waals surface area contributed by atoms with E-state index in [9.17, 15) is 18.4 Å². The van der Waals surface area contributed by atoms with Gasteiger partial charge in [-0.2, -0.15) is 0 Å². The molecule has 1 aromatic rings. The van der Waals surface area contributed by atoms with Gasteiger partial charge in [-0.3, -0.25) is 14.5 Å². The highest BCUT2D eigenvalue weighted by Crippen LogP contribution is 2.23. The number of hydrogen-bond donors (Lipinski definition) is 1. The third-order valence-electron chi connectivity index (χ3n) is 4.59. The van der Waals surface area contributed by atoms with Crippen LogP contribution in [0.3, 0.4) is 0 Å². The summed E-state index contributed by atoms with van der Waals surface area (Å²) >= 11 is 0. The molecule has 0 spiro atoms. The highest BCUT2D eigenvalue weighted by molar-refractivity contribution is 5.97. The van der Waals surface area contributed by atoms with E-state index in [4.69, 9.17) is 4.74 Å². The summed E-state index contributed by atoms with van der Waals surface area (Å²) in [6.45, 7) is 4.57. The predicted octanol–water partition coefficient (Wildman–Crippen LogP) is 1.08. The van der Waals surface area contributed by atoms with Crippen molar-refractivity contribution < 1.29 is 23.1 Å². The second-order valence-corrected chi connectivity index (χ2v) is 6.28. The second kappa shape index (κ2) is 7.88. The Morgan fingerprint density at radius 1 is 1.20 bits per heavy atom. The van der Waals surface area contributed by atoms with Crippen LogP contribution in [0, 0.1) is 17.6 Å². The summed E-state index contributed by atoms with van der Waals surface area (Å²) in [4.78, 5) is 28.2. The van der Waals surface area contributed by atoms with Crippen LogP contribution in [0.1, 0.15) is 6.42 Å². The maximum Gasteiger partial charge on any atom is 0.229 e. The first-order valence-electron chi connectivity index (χ1n) is 8.37. The van der Waals surface area contributed by atoms with Crippen molar-refractivity contribution in [3.63, 3.8) is 0 Å². The van der Waals surface area contributed by atoms with Gasteiger partial charge < -0.3 is 15.0 Å². The molecule has 25 heavy (non-hydrogen) atoms. The van der Waals surface area contributed by atoms with Gasteiger partial charge in [-0.15, -0.1) is 0 Å². The summed E-state index contributed by atoms with van der Waals surface area (Å²) in [6.07, 6.45) is 0.0605. The van der Waals surface area contributed by atoms with E-state index in [1.165, 1.54) is 6.07 Å². The minimum Gasteiger partial charge on any atom is -0.379 e. The normalized spacial score (nSPS) is 21.6. The molecule has 1 N–H and O–H groups in total. The van der Waals surface area contributed by atoms with Crippen LogP contribution in [0.15, 0.2) is 18.2 Å². The molecule has 3 rings (SSSR count). The molecule has 1 unspecified atom stereocenters. The maximum absolute atomic E-state index is 13.6. The lowest BCUT2D eigenvalue weighted by Crippen LogP contribution is -2.42. The zero-order chi connectivity index (χ0) is 17.8. The van der Waals surface area contributed by atoms with E-state index in [2.05, 4.69) is 10.2 Å². The number of halogens is 2. The molecule has 0 saturated carbocycles. The lowest BCUT2D eigenvalue weighted by Gasteiger charge is -2.28. The van der Waals surface area contributed by atoms with Crippen molar-refractivity contribution in [3.8, 4) is 0 Å². The van der Waals surface area contributed by atoms with E-state index in [1.807, 2.05) is 0 Å². The van der Waals surface area contributed by atoms with E-state index in [0.29, 0.717) is 19.8 Å². The molecule has 0 aliphatic carbocycles. The number of morpholine rings is 1. The fourth-order valence-corrected chi connectivity index (χ4v) is 3.09. The average Bonchev–Trinajstić information content (AvgIpc) is 2.98. The van der Waals surface area contributed by atoms with Crippen LogP contribution >= 0.6 is 0 Å². The topological polar surface area (TPSA) is 61.9 Å². The molecule has 2 amide bonds. The summed E-state index contributed by atoms with van der Waals surface area (Å²) in [7, 11) is 0. The number of likely N-dealkylation sites (tertiary alicyclic amines) is 1. The quantitative estimate of drug-likeness (QED) is 0.861. The first kappa shape index (κ1) is 17.8. The Bertz CT molecular complexity index is 630. The molecule has 2 fully saturated rings. The number of anilines is 1. The van der Waals surface area contributed by atoms with Gasteiger partial charge in [0.2, 0.25) is 11.8 Å². The molecule has 8 heteroatoms. The highest BCUT2D eigenvalue weighted by atomic mass is 19.1. The van der Waals surface area contributed by atoms with Crippen molar-refractivity contribution in [2.45, 2.75) is 6.42 Å². The Kier molecular flexibility index (Phi) is 5.60. The number of nitrogens with zero attached hydrogens (tertiary/aromatic N) is 2. The molecule has 6 nitrogen and oxygen atoms in total. The lowest BCUT2D eigenvalue weighted by molar-refractivity contribution is -0.128. The van der Waals surface area contributed by atoms with Gasteiger partial charge in [0.15, 0.2) is 0 Å². The van der Waals surface area contributed by atoms with Gasteiger partial charge in [-0.05, 0) is 12.1 Å². The monoisotopic (exact) mass is 353 g/mol. The van der Waals surface area contributed by atoms with E-state index in [1.54, 1.807) is 4.90 Å². The number of ether oxygens (including phenoxy) is 1. The van der Waals surface area contributed by atoms with Crippen LogP contribution in [0.2, 0.25) is 0 Å². The van der Waals surface area contributed by atoms with Crippen molar-refractivity contribution in [1.82, 2.24) is 9.80 Å². The number of rotatable bonds is 5. The van der Waals surface area contributed by atoms with Crippen LogP contribution in [-0.4, -0.2) is 67.6 Å². The number of nitrogens with one attached hydrogen (secondary N) is 1. The van der Waals surface area contributed by atoms with Crippen LogP contribution in [0.5, 0.6) is 0 Å². The molecule has 0 aromatic heterocycles. The lowest BCUT2D eigenvalue weighted by atomic mass is 10.1. The van der Waals surface area contributed by atoms with Crippen molar-refractivity contribution >= 4 is 17.5 Å². The standard InChI is InChI=1S/C17H21F2N3O3/c18-13-2-1-3-14(19)16(13)20-17(24)12-10-15(23)22(11-12)5-4-21-6-8-25-9-7-21/h1-3,12H,4-11H2,(H,20,24). The Balaban J connectivity index is 1.53. The fraction of sp³-hybridized carbons (Fsp3) is 0.529. The minimum absolute atomic E-state index is 0.0605. The van der Waals surface area contributed by atoms with E-state index >= 15 is 0 Å². The molecule has 0 bridgehead atoms. The SMILES string of the molecule is O=C(Nc1c(F)cccc1F)C1CC(=O)N(CCN2CCOCC2)C1. The Morgan fingerprint density at radius 3 is 2.56 bits per heavy atom. The second-order valence-electron chi connectivity index (χ2n) is 6.28. The number of hydrogen-bond acceptors (Lipinski definition) is 4. The summed E-state index contributed by atoms with van der Waals surface area (Å²) in [5.74, 6) is -2.91. The predicted molar refractivity (Wildman–Crippen MR) is 86.9 cm³/mol. The van der Waals surface area contributed by atoms with Gasteiger partial charge >= 0.3 is 0 Å². The summed E-state index contributed by atoms with van der Waals surface area (Å²) in [5, 5.41) is 2.27. The van der Waals surface area contributed by atoms with Crippen molar-refractivity contribution in [2.75, 3.05) is 51.3 Å². The molecule has 1 aromatic carbocycles. The molecule has 0 radical (unpaired) electrons. The van der Waals surface area contributed by atoms with Crippen LogP contribution in [0.4, 0.5) is 14.5 Å². The van der Waals surface area contributed by atoms with Gasteiger partial charge in [0.25, 0.3) is 0 Å². The van der Waals surface area contributed by atoms with Crippen LogP contribution < -0.4 is 5.32 Å². The zero-order valence-corrected chi connectivity index (χ0v) is 13.8. The smallest absolute Gasteiger partial charge is 0.229 e. The van der Waals surface area contributed by atoms with Gasteiger partial charge in [-0.25, -0.2) is 8.78 Å². The average molecular weight is 353 g/mol. The number of amides is 2. The first-order valence-corrected chi connectivity index (χ1v) is 8.37. The molecular formula is C17H21F2N3O3. The number of carbonyl (C=O) groups excluding carboxylic acids is 2. The van der Waals surface area contributed by atoms with Crippen LogP contribution in [-0.2, 0) is 14.3 Å². The molecule has 2 aliphatic heterocycles. The third-order valence-corrected chi connectivity index (χ3v) is 4.59. The van der Waals surface area contributed by atoms with E-state index in [-0.39, 0.29) is 18.9 Å². The van der Waals surface area contributed by atoms with Gasteiger partial charge in [-0.1, -0.05) is 6.07 Å². The molecule has 2 aliphatic rings. The first-order chi connectivity index (χ1) is 12.0. The molecule has 1 atom stereocenters. The number of para-hydroxylation sites is 1. The van der Waals surface area contributed by atoms with Gasteiger partial charge in [0.1, 0.15) is 17.3 Å². The zero-order valence-electron chi connectivity index (χ0n) is 13.8. The molecule has 2 heterocycles. The summed E-state index contributed by atoms with van der Waals surface area (Å²) in [6, 6.07) is 3.38. The Labute approximate surface area is 144 Å². The van der Waals surface area contributed by atoms with E-state index in [0.717, 1.165) is 31.8 Å². The van der Waals surface area contributed by atoms with Crippen LogP contribution in [0.25, 0.3) is 0 Å². The summed E-state index contributed by atoms with van der Waals surface area (Å²) in [5.41, 5.74) is -0.466. The number of carbonyl (C=O) groups is 2. The van der Waals surface area contributed by atoms with Gasteiger partial charge in [0.05, 0.1) is 19.1 Å². The third kappa shape index (κ3) is 4.32. The fourth-order valence-electron chi connectivity index (χ4n) is 3.09. The van der Waals surface area contributed by atoms with Crippen molar-refractivity contribution in [3.05, 3.63) is 29.8 Å². The molecule has 136 valence electrons. The van der Waals surface area contributed by atoms with E-state index < -0.39 is 29.1 Å². The Morgan fingerprint density at radius 2 is 1.88 bits per heavy atom.